The highest BCUT2D eigenvalue weighted by atomic mass is 35.5. The average Bonchev–Trinajstić information content (AvgIpc) is 2.69. The highest BCUT2D eigenvalue weighted by Crippen LogP contribution is 2.35. The lowest BCUT2D eigenvalue weighted by atomic mass is 9.75. The van der Waals surface area contributed by atoms with Crippen molar-refractivity contribution in [2.24, 2.45) is 0 Å². The number of benzene rings is 2. The van der Waals surface area contributed by atoms with E-state index in [2.05, 4.69) is 60.8 Å². The van der Waals surface area contributed by atoms with Crippen molar-refractivity contribution in [2.75, 3.05) is 18.1 Å². The molecule has 2 aromatic rings. The number of aryl methyl sites for hydroxylation is 2. The maximum atomic E-state index is 12.1. The Morgan fingerprint density at radius 3 is 2.45 bits per heavy atom. The van der Waals surface area contributed by atoms with E-state index in [0.29, 0.717) is 24.8 Å². The van der Waals surface area contributed by atoms with Crippen molar-refractivity contribution in [2.45, 2.75) is 57.9 Å². The van der Waals surface area contributed by atoms with Crippen LogP contribution in [0.4, 0.5) is 0 Å². The molecule has 2 atom stereocenters. The summed E-state index contributed by atoms with van der Waals surface area (Å²) in [5.74, 6) is 0.967. The van der Waals surface area contributed by atoms with Crippen molar-refractivity contribution in [3.8, 4) is 0 Å². The van der Waals surface area contributed by atoms with Crippen molar-refractivity contribution in [3.05, 3.63) is 70.8 Å². The van der Waals surface area contributed by atoms with E-state index in [9.17, 15) is 8.42 Å². The van der Waals surface area contributed by atoms with Gasteiger partial charge in [0.15, 0.2) is 9.84 Å². The molecule has 0 spiro atoms. The van der Waals surface area contributed by atoms with Crippen LogP contribution in [0.25, 0.3) is 0 Å². The molecule has 160 valence electrons. The first-order chi connectivity index (χ1) is 13.5. The minimum atomic E-state index is -2.94. The summed E-state index contributed by atoms with van der Waals surface area (Å²) in [5.41, 5.74) is 5.34. The minimum absolute atomic E-state index is 0. The lowest BCUT2D eigenvalue weighted by Gasteiger charge is -2.35. The molecule has 29 heavy (non-hydrogen) atoms. The number of rotatable bonds is 9. The standard InChI is InChI=1S/C24H33NO2S.ClH/c1-3-15-28(26,27)16-14-20-10-11-21-12-13-24(25-4-2)23(22(21)17-20)18-19-8-6-5-7-9-19;/h5-11,17,23-25H,3-4,12-16,18H2,1-2H3;1H. The molecule has 0 bridgehead atoms. The van der Waals surface area contributed by atoms with E-state index in [1.54, 1.807) is 0 Å². The zero-order valence-corrected chi connectivity index (χ0v) is 19.2. The fourth-order valence-corrected chi connectivity index (χ4v) is 5.79. The number of nitrogens with one attached hydrogen (secondary N) is 1. The van der Waals surface area contributed by atoms with Gasteiger partial charge < -0.3 is 5.32 Å². The van der Waals surface area contributed by atoms with Gasteiger partial charge in [0.1, 0.15) is 0 Å². The number of hydrogen-bond acceptors (Lipinski definition) is 3. The molecule has 3 rings (SSSR count). The molecule has 1 N–H and O–H groups in total. The summed E-state index contributed by atoms with van der Waals surface area (Å²) >= 11 is 0. The monoisotopic (exact) mass is 435 g/mol. The van der Waals surface area contributed by atoms with Gasteiger partial charge >= 0.3 is 0 Å². The van der Waals surface area contributed by atoms with Gasteiger partial charge in [0.05, 0.1) is 5.75 Å². The molecule has 3 nitrogen and oxygen atoms in total. The molecule has 0 saturated carbocycles. The Balaban J connectivity index is 0.00000300. The van der Waals surface area contributed by atoms with E-state index in [0.717, 1.165) is 31.4 Å². The van der Waals surface area contributed by atoms with Crippen molar-refractivity contribution in [3.63, 3.8) is 0 Å². The zero-order valence-electron chi connectivity index (χ0n) is 17.6. The van der Waals surface area contributed by atoms with Gasteiger partial charge in [-0.05, 0) is 60.9 Å². The number of hydrogen-bond donors (Lipinski definition) is 1. The summed E-state index contributed by atoms with van der Waals surface area (Å²) < 4.78 is 24.3. The quantitative estimate of drug-likeness (QED) is 0.619. The van der Waals surface area contributed by atoms with E-state index < -0.39 is 9.84 Å². The Hall–Kier alpha value is -1.36. The molecular weight excluding hydrogens is 402 g/mol. The molecule has 0 saturated heterocycles. The SMILES string of the molecule is CCCS(=O)(=O)CCc1ccc2c(c1)C(Cc1ccccc1)C(NCC)CC2.Cl. The van der Waals surface area contributed by atoms with Crippen molar-refractivity contribution < 1.29 is 8.42 Å². The Morgan fingerprint density at radius 1 is 1.00 bits per heavy atom. The van der Waals surface area contributed by atoms with Gasteiger partial charge in [0.25, 0.3) is 0 Å². The number of fused-ring (bicyclic) bond motifs is 1. The van der Waals surface area contributed by atoms with Crippen LogP contribution in [-0.2, 0) is 29.1 Å². The molecule has 2 aromatic carbocycles. The van der Waals surface area contributed by atoms with E-state index in [1.807, 2.05) is 6.92 Å². The Morgan fingerprint density at radius 2 is 1.76 bits per heavy atom. The lowest BCUT2D eigenvalue weighted by molar-refractivity contribution is 0.392. The van der Waals surface area contributed by atoms with E-state index in [-0.39, 0.29) is 23.9 Å². The van der Waals surface area contributed by atoms with Crippen LogP contribution in [0, 0.1) is 0 Å². The Labute approximate surface area is 182 Å². The number of sulfone groups is 1. The van der Waals surface area contributed by atoms with Crippen LogP contribution in [0.15, 0.2) is 48.5 Å². The fraction of sp³-hybridized carbons (Fsp3) is 0.500. The third-order valence-corrected chi connectivity index (χ3v) is 7.66. The molecule has 0 heterocycles. The van der Waals surface area contributed by atoms with Crippen molar-refractivity contribution >= 4 is 22.2 Å². The molecule has 0 radical (unpaired) electrons. The van der Waals surface area contributed by atoms with Crippen LogP contribution in [0.3, 0.4) is 0 Å². The van der Waals surface area contributed by atoms with Gasteiger partial charge in [-0.15, -0.1) is 12.4 Å². The Bertz CT molecular complexity index is 868. The predicted molar refractivity (Wildman–Crippen MR) is 125 cm³/mol. The first-order valence-corrected chi connectivity index (χ1v) is 12.4. The molecule has 0 amide bonds. The van der Waals surface area contributed by atoms with Gasteiger partial charge in [0.2, 0.25) is 0 Å². The third-order valence-electron chi connectivity index (χ3n) is 5.80. The van der Waals surface area contributed by atoms with Gasteiger partial charge in [-0.3, -0.25) is 0 Å². The third kappa shape index (κ3) is 6.56. The van der Waals surface area contributed by atoms with Crippen LogP contribution in [0.1, 0.15) is 54.9 Å². The molecular formula is C24H34ClNO2S. The van der Waals surface area contributed by atoms with E-state index >= 15 is 0 Å². The predicted octanol–water partition coefficient (Wildman–Crippen LogP) is 4.73. The first-order valence-electron chi connectivity index (χ1n) is 10.6. The van der Waals surface area contributed by atoms with Gasteiger partial charge in [-0.2, -0.15) is 0 Å². The second-order valence-corrected chi connectivity index (χ2v) is 10.2. The smallest absolute Gasteiger partial charge is 0.150 e. The summed E-state index contributed by atoms with van der Waals surface area (Å²) in [6.07, 6.45) is 4.56. The van der Waals surface area contributed by atoms with E-state index in [4.69, 9.17) is 0 Å². The maximum Gasteiger partial charge on any atom is 0.150 e. The van der Waals surface area contributed by atoms with Gasteiger partial charge in [-0.25, -0.2) is 8.42 Å². The summed E-state index contributed by atoms with van der Waals surface area (Å²) in [6.45, 7) is 5.07. The normalized spacial score (nSPS) is 18.7. The number of halogens is 1. The summed E-state index contributed by atoms with van der Waals surface area (Å²) in [4.78, 5) is 0. The highest BCUT2D eigenvalue weighted by Gasteiger charge is 2.29. The molecule has 0 fully saturated rings. The largest absolute Gasteiger partial charge is 0.314 e. The second-order valence-electron chi connectivity index (χ2n) is 7.93. The van der Waals surface area contributed by atoms with Crippen LogP contribution < -0.4 is 5.32 Å². The van der Waals surface area contributed by atoms with Crippen molar-refractivity contribution in [1.82, 2.24) is 5.32 Å². The van der Waals surface area contributed by atoms with Crippen LogP contribution in [0.5, 0.6) is 0 Å². The summed E-state index contributed by atoms with van der Waals surface area (Å²) in [5, 5.41) is 3.69. The Kier molecular flexibility index (Phi) is 9.19. The second kappa shape index (κ2) is 11.1. The first kappa shape index (κ1) is 23.9. The molecule has 0 aromatic heterocycles. The average molecular weight is 436 g/mol. The van der Waals surface area contributed by atoms with Crippen LogP contribution >= 0.6 is 12.4 Å². The topological polar surface area (TPSA) is 46.2 Å². The molecule has 1 aliphatic rings. The van der Waals surface area contributed by atoms with Crippen LogP contribution in [-0.4, -0.2) is 32.5 Å². The minimum Gasteiger partial charge on any atom is -0.314 e. The summed E-state index contributed by atoms with van der Waals surface area (Å²) in [6, 6.07) is 17.8. The number of likely N-dealkylation sites (N-methyl/N-ethyl adjacent to an activating group) is 1. The lowest BCUT2D eigenvalue weighted by Crippen LogP contribution is -2.39. The molecule has 1 aliphatic carbocycles. The molecule has 0 aliphatic heterocycles. The zero-order chi connectivity index (χ0) is 20.0. The van der Waals surface area contributed by atoms with Crippen molar-refractivity contribution in [1.29, 1.82) is 0 Å². The van der Waals surface area contributed by atoms with Gasteiger partial charge in [-0.1, -0.05) is 62.4 Å². The maximum absolute atomic E-state index is 12.1. The molecule has 2 unspecified atom stereocenters. The van der Waals surface area contributed by atoms with Gasteiger partial charge in [0, 0.05) is 17.7 Å². The van der Waals surface area contributed by atoms with Crippen LogP contribution in [0.2, 0.25) is 0 Å². The van der Waals surface area contributed by atoms with E-state index in [1.165, 1.54) is 16.7 Å². The fourth-order valence-electron chi connectivity index (χ4n) is 4.41. The summed E-state index contributed by atoms with van der Waals surface area (Å²) in [7, 11) is -2.94. The highest BCUT2D eigenvalue weighted by molar-refractivity contribution is 7.91. The molecule has 5 heteroatoms.